The van der Waals surface area contributed by atoms with Gasteiger partial charge in [0.05, 0.1) is 11.5 Å². The Labute approximate surface area is 137 Å². The summed E-state index contributed by atoms with van der Waals surface area (Å²) in [5, 5.41) is 15.4. The lowest BCUT2D eigenvalue weighted by molar-refractivity contribution is -0.150. The van der Waals surface area contributed by atoms with E-state index in [1.807, 2.05) is 0 Å². The summed E-state index contributed by atoms with van der Waals surface area (Å²) < 4.78 is 4.83. The molecule has 1 atom stereocenters. The minimum atomic E-state index is -0.970. The fourth-order valence-electron chi connectivity index (χ4n) is 2.41. The molecule has 0 saturated carbocycles. The van der Waals surface area contributed by atoms with Gasteiger partial charge in [0, 0.05) is 12.6 Å². The number of amides is 2. The quantitative estimate of drug-likeness (QED) is 0.797. The number of carbonyl (C=O) groups is 3. The van der Waals surface area contributed by atoms with E-state index in [2.05, 4.69) is 10.5 Å². The number of carbonyl (C=O) groups excluding carboxylic acids is 2. The summed E-state index contributed by atoms with van der Waals surface area (Å²) in [5.74, 6) is -0.411. The average Bonchev–Trinajstić information content (AvgIpc) is 2.92. The molecule has 0 spiro atoms. The molecule has 2 N–H and O–H groups in total. The number of rotatable bonds is 6. The Hall–Kier alpha value is -2.03. The van der Waals surface area contributed by atoms with Gasteiger partial charge in [-0.25, -0.2) is 4.79 Å². The highest BCUT2D eigenvalue weighted by Crippen LogP contribution is 2.18. The summed E-state index contributed by atoms with van der Waals surface area (Å²) in [4.78, 5) is 36.4. The van der Waals surface area contributed by atoms with Crippen LogP contribution in [0.25, 0.3) is 0 Å². The maximum Gasteiger partial charge on any atom is 0.326 e. The van der Waals surface area contributed by atoms with E-state index in [1.165, 1.54) is 4.90 Å². The molecule has 1 aliphatic heterocycles. The van der Waals surface area contributed by atoms with Crippen LogP contribution < -0.4 is 5.32 Å². The fourth-order valence-corrected chi connectivity index (χ4v) is 3.11. The zero-order chi connectivity index (χ0) is 16.8. The Balaban J connectivity index is 1.75. The number of aryl methyl sites for hydroxylation is 1. The van der Waals surface area contributed by atoms with Crippen LogP contribution in [0.1, 0.15) is 25.0 Å². The SMILES string of the molecule is Cc1cc(NC(=O)CSCC(=O)N2CCCC[C@@H]2C(=O)O)no1. The van der Waals surface area contributed by atoms with Crippen LogP contribution in [0.15, 0.2) is 10.6 Å². The van der Waals surface area contributed by atoms with Crippen molar-refractivity contribution < 1.29 is 24.0 Å². The van der Waals surface area contributed by atoms with Crippen molar-refractivity contribution in [2.45, 2.75) is 32.2 Å². The number of hydrogen-bond acceptors (Lipinski definition) is 6. The molecule has 1 aromatic heterocycles. The standard InChI is InChI=1S/C14H19N3O5S/c1-9-6-11(16-22-9)15-12(18)7-23-8-13(19)17-5-3-2-4-10(17)14(20)21/h6,10H,2-5,7-8H2,1H3,(H,20,21)(H,15,16,18)/t10-/m1/s1. The summed E-state index contributed by atoms with van der Waals surface area (Å²) >= 11 is 1.15. The fraction of sp³-hybridized carbons (Fsp3) is 0.571. The smallest absolute Gasteiger partial charge is 0.326 e. The summed E-state index contributed by atoms with van der Waals surface area (Å²) in [5.41, 5.74) is 0. The van der Waals surface area contributed by atoms with Gasteiger partial charge in [-0.3, -0.25) is 9.59 Å². The summed E-state index contributed by atoms with van der Waals surface area (Å²) in [6.07, 6.45) is 2.11. The Bertz CT molecular complexity index is 589. The van der Waals surface area contributed by atoms with Crippen molar-refractivity contribution in [1.82, 2.24) is 10.1 Å². The Kier molecular flexibility index (Phi) is 6.03. The normalized spacial score (nSPS) is 17.8. The van der Waals surface area contributed by atoms with Crippen molar-refractivity contribution >= 4 is 35.4 Å². The van der Waals surface area contributed by atoms with Crippen molar-refractivity contribution in [3.05, 3.63) is 11.8 Å². The van der Waals surface area contributed by atoms with Crippen LogP contribution in [-0.2, 0) is 14.4 Å². The minimum Gasteiger partial charge on any atom is -0.480 e. The van der Waals surface area contributed by atoms with Gasteiger partial charge in [0.2, 0.25) is 11.8 Å². The van der Waals surface area contributed by atoms with Gasteiger partial charge in [-0.05, 0) is 26.2 Å². The number of piperidine rings is 1. The Morgan fingerprint density at radius 2 is 2.22 bits per heavy atom. The number of hydrogen-bond donors (Lipinski definition) is 2. The lowest BCUT2D eigenvalue weighted by atomic mass is 10.0. The first-order valence-corrected chi connectivity index (χ1v) is 8.46. The number of likely N-dealkylation sites (tertiary alicyclic amines) is 1. The molecule has 2 rings (SSSR count). The number of aliphatic carboxylic acids is 1. The molecule has 2 amide bonds. The molecule has 0 aromatic carbocycles. The van der Waals surface area contributed by atoms with Crippen molar-refractivity contribution in [3.63, 3.8) is 0 Å². The topological polar surface area (TPSA) is 113 Å². The molecule has 8 nitrogen and oxygen atoms in total. The van der Waals surface area contributed by atoms with E-state index >= 15 is 0 Å². The summed E-state index contributed by atoms with van der Waals surface area (Å²) in [6.45, 7) is 2.17. The zero-order valence-corrected chi connectivity index (χ0v) is 13.6. The van der Waals surface area contributed by atoms with Gasteiger partial charge in [0.1, 0.15) is 11.8 Å². The Morgan fingerprint density at radius 1 is 1.43 bits per heavy atom. The predicted octanol–water partition coefficient (Wildman–Crippen LogP) is 1.12. The van der Waals surface area contributed by atoms with Crippen LogP contribution in [0.3, 0.4) is 0 Å². The van der Waals surface area contributed by atoms with Crippen molar-refractivity contribution in [2.75, 3.05) is 23.4 Å². The molecule has 1 aliphatic rings. The molecule has 23 heavy (non-hydrogen) atoms. The van der Waals surface area contributed by atoms with Crippen LogP contribution in [0.2, 0.25) is 0 Å². The molecule has 2 heterocycles. The largest absolute Gasteiger partial charge is 0.480 e. The van der Waals surface area contributed by atoms with Gasteiger partial charge in [0.25, 0.3) is 0 Å². The monoisotopic (exact) mass is 341 g/mol. The number of aromatic nitrogens is 1. The van der Waals surface area contributed by atoms with E-state index in [0.717, 1.165) is 24.6 Å². The lowest BCUT2D eigenvalue weighted by Crippen LogP contribution is -2.48. The third-order valence-electron chi connectivity index (χ3n) is 3.46. The van der Waals surface area contributed by atoms with Crippen LogP contribution in [0, 0.1) is 6.92 Å². The maximum atomic E-state index is 12.1. The van der Waals surface area contributed by atoms with E-state index < -0.39 is 12.0 Å². The highest BCUT2D eigenvalue weighted by atomic mass is 32.2. The number of carboxylic acids is 1. The van der Waals surface area contributed by atoms with Crippen molar-refractivity contribution in [2.24, 2.45) is 0 Å². The summed E-state index contributed by atoms with van der Waals surface area (Å²) in [6, 6.07) is 0.850. The zero-order valence-electron chi connectivity index (χ0n) is 12.8. The van der Waals surface area contributed by atoms with E-state index in [4.69, 9.17) is 9.63 Å². The van der Waals surface area contributed by atoms with Gasteiger partial charge in [-0.2, -0.15) is 0 Å². The van der Waals surface area contributed by atoms with E-state index in [0.29, 0.717) is 24.5 Å². The van der Waals surface area contributed by atoms with Crippen LogP contribution in [0.5, 0.6) is 0 Å². The van der Waals surface area contributed by atoms with E-state index in [1.54, 1.807) is 13.0 Å². The molecule has 126 valence electrons. The maximum absolute atomic E-state index is 12.1. The minimum absolute atomic E-state index is 0.0784. The number of thioether (sulfide) groups is 1. The Morgan fingerprint density at radius 3 is 2.87 bits per heavy atom. The number of carboxylic acid groups (broad SMARTS) is 1. The second-order valence-corrected chi connectivity index (χ2v) is 6.29. The number of nitrogens with one attached hydrogen (secondary N) is 1. The van der Waals surface area contributed by atoms with E-state index in [-0.39, 0.29) is 23.3 Å². The first-order chi connectivity index (χ1) is 11.0. The molecule has 0 radical (unpaired) electrons. The third kappa shape index (κ3) is 4.98. The second kappa shape index (κ2) is 8.00. The molecule has 0 bridgehead atoms. The molecule has 1 saturated heterocycles. The van der Waals surface area contributed by atoms with Gasteiger partial charge in [0.15, 0.2) is 5.82 Å². The van der Waals surface area contributed by atoms with Gasteiger partial charge >= 0.3 is 5.97 Å². The molecular weight excluding hydrogens is 322 g/mol. The summed E-state index contributed by atoms with van der Waals surface area (Å²) in [7, 11) is 0. The van der Waals surface area contributed by atoms with E-state index in [9.17, 15) is 14.4 Å². The number of nitrogens with zero attached hydrogens (tertiary/aromatic N) is 2. The van der Waals surface area contributed by atoms with Crippen molar-refractivity contribution in [1.29, 1.82) is 0 Å². The molecular formula is C14H19N3O5S. The molecule has 0 unspecified atom stereocenters. The number of anilines is 1. The predicted molar refractivity (Wildman–Crippen MR) is 84.2 cm³/mol. The molecule has 0 aliphatic carbocycles. The van der Waals surface area contributed by atoms with Gasteiger partial charge in [-0.15, -0.1) is 11.8 Å². The first-order valence-electron chi connectivity index (χ1n) is 7.30. The molecule has 9 heteroatoms. The first kappa shape index (κ1) is 17.3. The van der Waals surface area contributed by atoms with Gasteiger partial charge in [-0.1, -0.05) is 5.16 Å². The van der Waals surface area contributed by atoms with Crippen LogP contribution >= 0.6 is 11.8 Å². The van der Waals surface area contributed by atoms with Crippen molar-refractivity contribution in [3.8, 4) is 0 Å². The molecule has 1 fully saturated rings. The van der Waals surface area contributed by atoms with Gasteiger partial charge < -0.3 is 19.8 Å². The second-order valence-electron chi connectivity index (χ2n) is 5.30. The van der Waals surface area contributed by atoms with Crippen LogP contribution in [0.4, 0.5) is 5.82 Å². The lowest BCUT2D eigenvalue weighted by Gasteiger charge is -2.32. The van der Waals surface area contributed by atoms with Crippen LogP contribution in [-0.4, -0.2) is 57.0 Å². The molecule has 1 aromatic rings. The highest BCUT2D eigenvalue weighted by Gasteiger charge is 2.31. The highest BCUT2D eigenvalue weighted by molar-refractivity contribution is 8.00. The third-order valence-corrected chi connectivity index (χ3v) is 4.38. The average molecular weight is 341 g/mol.